The number of aryl methyl sites for hydroxylation is 1. The molecule has 0 aliphatic carbocycles. The second-order valence-corrected chi connectivity index (χ2v) is 8.20. The maximum atomic E-state index is 13.4. The molecule has 0 bridgehead atoms. The maximum absolute atomic E-state index is 13.4. The highest BCUT2D eigenvalue weighted by molar-refractivity contribution is 6.01. The number of nitrogens with zero attached hydrogens (tertiary/aromatic N) is 5. The smallest absolute Gasteiger partial charge is 0.293 e. The molecule has 2 aliphatic rings. The summed E-state index contributed by atoms with van der Waals surface area (Å²) in [5.74, 6) is 1.32. The lowest BCUT2D eigenvalue weighted by atomic mass is 9.89. The molecule has 4 heterocycles. The number of hydrogen-bond acceptors (Lipinski definition) is 5. The van der Waals surface area contributed by atoms with Gasteiger partial charge in [0.05, 0.1) is 5.69 Å². The molecule has 1 saturated heterocycles. The molecule has 3 aromatic rings. The average molecular weight is 406 g/mol. The molecule has 5 rings (SSSR count). The van der Waals surface area contributed by atoms with Crippen molar-refractivity contribution in [1.82, 2.24) is 24.6 Å². The molecule has 1 N–H and O–H groups in total. The minimum absolute atomic E-state index is 0.284. The molecule has 0 radical (unpaired) electrons. The van der Waals surface area contributed by atoms with E-state index in [1.165, 1.54) is 12.1 Å². The first-order valence-electron chi connectivity index (χ1n) is 10.2. The van der Waals surface area contributed by atoms with E-state index >= 15 is 0 Å². The number of hydrogen-bond donors (Lipinski definition) is 1. The summed E-state index contributed by atoms with van der Waals surface area (Å²) in [4.78, 5) is 19.8. The summed E-state index contributed by atoms with van der Waals surface area (Å²) in [5.41, 5.74) is 2.52. The molecule has 1 fully saturated rings. The molecule has 2 aromatic heterocycles. The number of carbonyl (C=O) groups is 1. The van der Waals surface area contributed by atoms with E-state index in [1.807, 2.05) is 23.6 Å². The number of anilines is 1. The van der Waals surface area contributed by atoms with Gasteiger partial charge in [-0.2, -0.15) is 0 Å². The molecule has 30 heavy (non-hydrogen) atoms. The fourth-order valence-corrected chi connectivity index (χ4v) is 4.59. The number of halogens is 1. The van der Waals surface area contributed by atoms with Gasteiger partial charge in [0.25, 0.3) is 5.91 Å². The van der Waals surface area contributed by atoms with Crippen molar-refractivity contribution < 1.29 is 9.18 Å². The fraction of sp³-hybridized carbons (Fsp3) is 0.364. The number of aromatic nitrogens is 4. The number of fused-ring (bicyclic) bond motifs is 2. The van der Waals surface area contributed by atoms with Crippen LogP contribution in [0.1, 0.15) is 27.8 Å². The monoisotopic (exact) mass is 406 g/mol. The Morgan fingerprint density at radius 1 is 1.13 bits per heavy atom. The number of likely N-dealkylation sites (tertiary alicyclic amines) is 1. The van der Waals surface area contributed by atoms with Crippen LogP contribution in [-0.2, 0) is 19.5 Å². The van der Waals surface area contributed by atoms with Gasteiger partial charge in [-0.15, -0.1) is 10.2 Å². The van der Waals surface area contributed by atoms with E-state index in [0.717, 1.165) is 49.8 Å². The zero-order chi connectivity index (χ0) is 20.7. The van der Waals surface area contributed by atoms with Gasteiger partial charge in [0.2, 0.25) is 5.82 Å². The van der Waals surface area contributed by atoms with Crippen LogP contribution >= 0.6 is 0 Å². The van der Waals surface area contributed by atoms with Crippen LogP contribution in [0, 0.1) is 24.6 Å². The topological polar surface area (TPSA) is 75.9 Å². The lowest BCUT2D eigenvalue weighted by Crippen LogP contribution is -2.31. The van der Waals surface area contributed by atoms with E-state index in [9.17, 15) is 9.18 Å². The van der Waals surface area contributed by atoms with Crippen LogP contribution in [0.2, 0.25) is 0 Å². The van der Waals surface area contributed by atoms with Gasteiger partial charge in [-0.1, -0.05) is 12.1 Å². The second-order valence-electron chi connectivity index (χ2n) is 8.20. The van der Waals surface area contributed by atoms with Crippen molar-refractivity contribution in [3.63, 3.8) is 0 Å². The quantitative estimate of drug-likeness (QED) is 0.721. The van der Waals surface area contributed by atoms with E-state index in [0.29, 0.717) is 17.5 Å². The predicted octanol–water partition coefficient (Wildman–Crippen LogP) is 2.68. The SMILES string of the molecule is Cc1cccc(CN2CC3Cc4nnc(C(=O)Nc5cccc(F)c5)n4CC3C2)n1. The summed E-state index contributed by atoms with van der Waals surface area (Å²) in [6.07, 6.45) is 0.808. The average Bonchev–Trinajstić information content (AvgIpc) is 3.28. The third kappa shape index (κ3) is 3.70. The van der Waals surface area contributed by atoms with Gasteiger partial charge < -0.3 is 9.88 Å². The number of nitrogens with one attached hydrogen (secondary N) is 1. The molecular formula is C22H23FN6O. The van der Waals surface area contributed by atoms with E-state index < -0.39 is 5.82 Å². The van der Waals surface area contributed by atoms with Crippen LogP contribution in [0.4, 0.5) is 10.1 Å². The van der Waals surface area contributed by atoms with Crippen LogP contribution in [0.25, 0.3) is 0 Å². The maximum Gasteiger partial charge on any atom is 0.293 e. The van der Waals surface area contributed by atoms with Crippen molar-refractivity contribution >= 4 is 11.6 Å². The lowest BCUT2D eigenvalue weighted by molar-refractivity contribution is 0.100. The molecule has 154 valence electrons. The second kappa shape index (κ2) is 7.60. The van der Waals surface area contributed by atoms with Crippen LogP contribution in [0.3, 0.4) is 0 Å². The molecule has 0 spiro atoms. The van der Waals surface area contributed by atoms with Crippen molar-refractivity contribution in [2.24, 2.45) is 11.8 Å². The summed E-state index contributed by atoms with van der Waals surface area (Å²) in [6.45, 7) is 5.52. The molecule has 2 atom stereocenters. The number of carbonyl (C=O) groups excluding carboxylic acids is 1. The van der Waals surface area contributed by atoms with Gasteiger partial charge in [-0.05, 0) is 49.1 Å². The molecule has 1 aromatic carbocycles. The van der Waals surface area contributed by atoms with Crippen LogP contribution in [-0.4, -0.2) is 43.6 Å². The Bertz CT molecular complexity index is 1100. The van der Waals surface area contributed by atoms with Gasteiger partial charge in [-0.25, -0.2) is 4.39 Å². The number of amides is 1. The first-order chi connectivity index (χ1) is 14.5. The highest BCUT2D eigenvalue weighted by atomic mass is 19.1. The Balaban J connectivity index is 1.28. The van der Waals surface area contributed by atoms with Gasteiger partial charge in [0.15, 0.2) is 0 Å². The highest BCUT2D eigenvalue weighted by Gasteiger charge is 2.39. The van der Waals surface area contributed by atoms with Crippen molar-refractivity contribution in [2.45, 2.75) is 26.4 Å². The Morgan fingerprint density at radius 3 is 2.80 bits per heavy atom. The molecule has 2 unspecified atom stereocenters. The van der Waals surface area contributed by atoms with Gasteiger partial charge in [0, 0.05) is 44.0 Å². The molecule has 0 saturated carbocycles. The predicted molar refractivity (Wildman–Crippen MR) is 109 cm³/mol. The first kappa shape index (κ1) is 18.9. The Kier molecular flexibility index (Phi) is 4.78. The van der Waals surface area contributed by atoms with Crippen LogP contribution in [0.15, 0.2) is 42.5 Å². The third-order valence-electron chi connectivity index (χ3n) is 5.96. The Labute approximate surface area is 174 Å². The summed E-state index contributed by atoms with van der Waals surface area (Å²) < 4.78 is 15.3. The normalized spacial score (nSPS) is 20.6. The van der Waals surface area contributed by atoms with Crippen molar-refractivity contribution in [1.29, 1.82) is 0 Å². The lowest BCUT2D eigenvalue weighted by Gasteiger charge is -2.25. The number of benzene rings is 1. The zero-order valence-corrected chi connectivity index (χ0v) is 16.8. The molecule has 1 amide bonds. The van der Waals surface area contributed by atoms with Crippen molar-refractivity contribution in [3.8, 4) is 0 Å². The minimum Gasteiger partial charge on any atom is -0.319 e. The van der Waals surface area contributed by atoms with E-state index in [4.69, 9.17) is 0 Å². The van der Waals surface area contributed by atoms with Gasteiger partial charge in [0.1, 0.15) is 11.6 Å². The summed E-state index contributed by atoms with van der Waals surface area (Å²) >= 11 is 0. The highest BCUT2D eigenvalue weighted by Crippen LogP contribution is 2.33. The van der Waals surface area contributed by atoms with Crippen molar-refractivity contribution in [2.75, 3.05) is 18.4 Å². The van der Waals surface area contributed by atoms with Gasteiger partial charge in [-0.3, -0.25) is 14.7 Å². The van der Waals surface area contributed by atoms with E-state index in [1.54, 1.807) is 12.1 Å². The molecule has 8 heteroatoms. The number of pyridine rings is 1. The third-order valence-corrected chi connectivity index (χ3v) is 5.96. The standard InChI is InChI=1S/C22H23FN6O/c1-14-4-2-7-19(24-14)13-28-10-15-8-20-26-27-21(29(20)12-16(15)11-28)22(30)25-18-6-3-5-17(23)9-18/h2-7,9,15-16H,8,10-13H2,1H3,(H,25,30). The van der Waals surface area contributed by atoms with Gasteiger partial charge >= 0.3 is 0 Å². The fourth-order valence-electron chi connectivity index (χ4n) is 4.59. The molecule has 7 nitrogen and oxygen atoms in total. The Hall–Kier alpha value is -3.13. The first-order valence-corrected chi connectivity index (χ1v) is 10.2. The van der Waals surface area contributed by atoms with Crippen LogP contribution < -0.4 is 5.32 Å². The van der Waals surface area contributed by atoms with E-state index in [2.05, 4.69) is 31.5 Å². The van der Waals surface area contributed by atoms with Crippen molar-refractivity contribution in [3.05, 3.63) is 71.3 Å². The summed E-state index contributed by atoms with van der Waals surface area (Å²) in [6, 6.07) is 12.0. The summed E-state index contributed by atoms with van der Waals surface area (Å²) in [5, 5.41) is 11.1. The molecule has 2 aliphatic heterocycles. The Morgan fingerprint density at radius 2 is 1.97 bits per heavy atom. The van der Waals surface area contributed by atoms with E-state index in [-0.39, 0.29) is 11.7 Å². The largest absolute Gasteiger partial charge is 0.319 e. The zero-order valence-electron chi connectivity index (χ0n) is 16.8. The van der Waals surface area contributed by atoms with Crippen LogP contribution in [0.5, 0.6) is 0 Å². The minimum atomic E-state index is -0.395. The summed E-state index contributed by atoms with van der Waals surface area (Å²) in [7, 11) is 0. The molecular weight excluding hydrogens is 383 g/mol. The number of rotatable bonds is 4.